The van der Waals surface area contributed by atoms with Gasteiger partial charge >= 0.3 is 0 Å². The molecule has 1 saturated heterocycles. The molecular weight excluding hydrogens is 397 g/mol. The highest BCUT2D eigenvalue weighted by Crippen LogP contribution is 2.32. The van der Waals surface area contributed by atoms with Crippen molar-refractivity contribution in [3.8, 4) is 17.2 Å². The number of benzene rings is 2. The molecule has 0 bridgehead atoms. The number of piperidine rings is 1. The Morgan fingerprint density at radius 1 is 1.03 bits per heavy atom. The van der Waals surface area contributed by atoms with Crippen molar-refractivity contribution in [1.82, 2.24) is 14.5 Å². The second-order valence-corrected chi connectivity index (χ2v) is 8.74. The topological polar surface area (TPSA) is 85.5 Å². The third kappa shape index (κ3) is 4.01. The molecule has 0 N–H and O–H groups in total. The van der Waals surface area contributed by atoms with Crippen LogP contribution in [0.15, 0.2) is 57.8 Å². The number of nitrogens with zero attached hydrogens (tertiary/aromatic N) is 3. The molecule has 4 rings (SSSR count). The van der Waals surface area contributed by atoms with E-state index in [1.54, 1.807) is 36.4 Å². The van der Waals surface area contributed by atoms with Crippen LogP contribution in [0.1, 0.15) is 24.7 Å². The van der Waals surface area contributed by atoms with Crippen LogP contribution < -0.4 is 4.74 Å². The highest BCUT2D eigenvalue weighted by atomic mass is 32.2. The summed E-state index contributed by atoms with van der Waals surface area (Å²) in [5.41, 5.74) is 0.643. The van der Waals surface area contributed by atoms with Crippen molar-refractivity contribution in [2.24, 2.45) is 0 Å². The molecule has 0 spiro atoms. The van der Waals surface area contributed by atoms with Crippen LogP contribution in [0, 0.1) is 5.82 Å². The van der Waals surface area contributed by atoms with E-state index in [0.29, 0.717) is 49.0 Å². The van der Waals surface area contributed by atoms with Crippen molar-refractivity contribution >= 4 is 10.0 Å². The standard InChI is InChI=1S/C20H20FN3O4S/c1-27-17-6-8-18(9-7-17)29(25,26)24-12-10-15(11-13-24)20-23-22-19(28-20)14-2-4-16(21)5-3-14/h2-9,15H,10-13H2,1H3. The van der Waals surface area contributed by atoms with Crippen LogP contribution in [0.2, 0.25) is 0 Å². The van der Waals surface area contributed by atoms with E-state index in [1.807, 2.05) is 0 Å². The molecule has 9 heteroatoms. The number of hydrogen-bond donors (Lipinski definition) is 0. The van der Waals surface area contributed by atoms with Crippen molar-refractivity contribution in [3.05, 3.63) is 60.2 Å². The van der Waals surface area contributed by atoms with Crippen LogP contribution in [-0.4, -0.2) is 43.1 Å². The Labute approximate surface area is 168 Å². The molecule has 0 radical (unpaired) electrons. The van der Waals surface area contributed by atoms with Crippen molar-refractivity contribution in [2.75, 3.05) is 20.2 Å². The second-order valence-electron chi connectivity index (χ2n) is 6.81. The molecule has 7 nitrogen and oxygen atoms in total. The fourth-order valence-electron chi connectivity index (χ4n) is 3.35. The predicted octanol–water partition coefficient (Wildman–Crippen LogP) is 3.45. The summed E-state index contributed by atoms with van der Waals surface area (Å²) in [4.78, 5) is 0.244. The molecule has 1 aromatic heterocycles. The average molecular weight is 417 g/mol. The van der Waals surface area contributed by atoms with E-state index in [-0.39, 0.29) is 16.6 Å². The molecule has 0 aliphatic carbocycles. The number of rotatable bonds is 5. The average Bonchev–Trinajstić information content (AvgIpc) is 3.24. The lowest BCUT2D eigenvalue weighted by Gasteiger charge is -2.29. The van der Waals surface area contributed by atoms with Gasteiger partial charge in [-0.2, -0.15) is 4.31 Å². The van der Waals surface area contributed by atoms with Crippen molar-refractivity contribution in [1.29, 1.82) is 0 Å². The SMILES string of the molecule is COc1ccc(S(=O)(=O)N2CCC(c3nnc(-c4ccc(F)cc4)o3)CC2)cc1. The summed E-state index contributed by atoms with van der Waals surface area (Å²) in [6, 6.07) is 12.2. The van der Waals surface area contributed by atoms with Gasteiger partial charge in [-0.1, -0.05) is 0 Å². The molecule has 2 heterocycles. The maximum Gasteiger partial charge on any atom is 0.247 e. The van der Waals surface area contributed by atoms with Gasteiger partial charge in [0.2, 0.25) is 21.8 Å². The summed E-state index contributed by atoms with van der Waals surface area (Å²) >= 11 is 0. The van der Waals surface area contributed by atoms with Gasteiger partial charge in [-0.3, -0.25) is 0 Å². The Bertz CT molecular complexity index is 1070. The van der Waals surface area contributed by atoms with E-state index in [0.717, 1.165) is 0 Å². The summed E-state index contributed by atoms with van der Waals surface area (Å²) in [6.07, 6.45) is 1.17. The van der Waals surface area contributed by atoms with Gasteiger partial charge in [0.25, 0.3) is 0 Å². The van der Waals surface area contributed by atoms with Gasteiger partial charge in [0.15, 0.2) is 0 Å². The summed E-state index contributed by atoms with van der Waals surface area (Å²) in [5.74, 6) is 1.06. The maximum absolute atomic E-state index is 13.1. The first kappa shape index (κ1) is 19.5. The Kier molecular flexibility index (Phi) is 5.33. The van der Waals surface area contributed by atoms with Gasteiger partial charge in [-0.25, -0.2) is 12.8 Å². The van der Waals surface area contributed by atoms with Crippen LogP contribution in [0.3, 0.4) is 0 Å². The molecule has 1 aliphatic rings. The molecule has 1 fully saturated rings. The van der Waals surface area contributed by atoms with E-state index >= 15 is 0 Å². The molecule has 0 unspecified atom stereocenters. The van der Waals surface area contributed by atoms with Crippen LogP contribution in [-0.2, 0) is 10.0 Å². The summed E-state index contributed by atoms with van der Waals surface area (Å²) < 4.78 is 51.1. The van der Waals surface area contributed by atoms with E-state index in [2.05, 4.69) is 10.2 Å². The monoisotopic (exact) mass is 417 g/mol. The molecule has 2 aromatic carbocycles. The second kappa shape index (κ2) is 7.92. The van der Waals surface area contributed by atoms with Gasteiger partial charge in [-0.05, 0) is 61.4 Å². The smallest absolute Gasteiger partial charge is 0.247 e. The Hall–Kier alpha value is -2.78. The lowest BCUT2D eigenvalue weighted by molar-refractivity contribution is 0.291. The van der Waals surface area contributed by atoms with Gasteiger partial charge in [0, 0.05) is 24.6 Å². The minimum atomic E-state index is -3.56. The summed E-state index contributed by atoms with van der Waals surface area (Å²) in [5, 5.41) is 8.15. The fraction of sp³-hybridized carbons (Fsp3) is 0.300. The number of methoxy groups -OCH3 is 1. The van der Waals surface area contributed by atoms with E-state index < -0.39 is 10.0 Å². The van der Waals surface area contributed by atoms with Crippen molar-refractivity contribution in [2.45, 2.75) is 23.7 Å². The first-order valence-corrected chi connectivity index (χ1v) is 10.6. The largest absolute Gasteiger partial charge is 0.497 e. The summed E-state index contributed by atoms with van der Waals surface area (Å²) in [7, 11) is -2.02. The molecule has 0 amide bonds. The van der Waals surface area contributed by atoms with Crippen molar-refractivity contribution in [3.63, 3.8) is 0 Å². The molecule has 3 aromatic rings. The first-order valence-electron chi connectivity index (χ1n) is 9.21. The quantitative estimate of drug-likeness (QED) is 0.632. The molecule has 0 atom stereocenters. The molecule has 152 valence electrons. The molecular formula is C20H20FN3O4S. The predicted molar refractivity (Wildman–Crippen MR) is 103 cm³/mol. The zero-order chi connectivity index (χ0) is 20.4. The number of halogens is 1. The van der Waals surface area contributed by atoms with Gasteiger partial charge in [0.1, 0.15) is 11.6 Å². The third-order valence-corrected chi connectivity index (χ3v) is 6.95. The lowest BCUT2D eigenvalue weighted by atomic mass is 9.98. The number of hydrogen-bond acceptors (Lipinski definition) is 6. The van der Waals surface area contributed by atoms with E-state index in [4.69, 9.17) is 9.15 Å². The fourth-order valence-corrected chi connectivity index (χ4v) is 4.82. The van der Waals surface area contributed by atoms with Crippen molar-refractivity contribution < 1.29 is 22.0 Å². The highest BCUT2D eigenvalue weighted by molar-refractivity contribution is 7.89. The zero-order valence-electron chi connectivity index (χ0n) is 15.8. The Balaban J connectivity index is 1.43. The first-order chi connectivity index (χ1) is 14.0. The normalized spacial score (nSPS) is 16.1. The van der Waals surface area contributed by atoms with Crippen LogP contribution >= 0.6 is 0 Å². The molecule has 0 saturated carbocycles. The number of aromatic nitrogens is 2. The Morgan fingerprint density at radius 2 is 1.69 bits per heavy atom. The molecule has 29 heavy (non-hydrogen) atoms. The van der Waals surface area contributed by atoms with Gasteiger partial charge in [0.05, 0.1) is 12.0 Å². The zero-order valence-corrected chi connectivity index (χ0v) is 16.6. The van der Waals surface area contributed by atoms with Gasteiger partial charge in [-0.15, -0.1) is 10.2 Å². The van der Waals surface area contributed by atoms with Crippen LogP contribution in [0.25, 0.3) is 11.5 Å². The third-order valence-electron chi connectivity index (χ3n) is 5.03. The van der Waals surface area contributed by atoms with E-state index in [9.17, 15) is 12.8 Å². The molecule has 1 aliphatic heterocycles. The van der Waals surface area contributed by atoms with Gasteiger partial charge < -0.3 is 9.15 Å². The highest BCUT2D eigenvalue weighted by Gasteiger charge is 2.32. The minimum Gasteiger partial charge on any atom is -0.497 e. The number of ether oxygens (including phenoxy) is 1. The van der Waals surface area contributed by atoms with Crippen LogP contribution in [0.4, 0.5) is 4.39 Å². The summed E-state index contributed by atoms with van der Waals surface area (Å²) in [6.45, 7) is 0.737. The van der Waals surface area contributed by atoms with Crippen LogP contribution in [0.5, 0.6) is 5.75 Å². The lowest BCUT2D eigenvalue weighted by Crippen LogP contribution is -2.37. The van der Waals surface area contributed by atoms with E-state index in [1.165, 1.54) is 23.5 Å². The number of sulfonamides is 1. The minimum absolute atomic E-state index is 0.0148. The Morgan fingerprint density at radius 3 is 2.31 bits per heavy atom. The maximum atomic E-state index is 13.1.